The van der Waals surface area contributed by atoms with Gasteiger partial charge in [-0.1, -0.05) is 35.3 Å². The maximum atomic E-state index is 13.1. The molecular formula is C19H20Cl2FN2O+. The van der Waals surface area contributed by atoms with Gasteiger partial charge in [-0.05, 0) is 37.3 Å². The lowest BCUT2D eigenvalue weighted by Gasteiger charge is -2.25. The fraction of sp³-hybridized carbons (Fsp3) is 0.316. The van der Waals surface area contributed by atoms with Gasteiger partial charge in [-0.2, -0.15) is 0 Å². The number of nitrogens with one attached hydrogen (secondary N) is 2. The molecule has 6 heteroatoms. The molecule has 0 radical (unpaired) electrons. The van der Waals surface area contributed by atoms with Crippen LogP contribution in [0.1, 0.15) is 25.3 Å². The van der Waals surface area contributed by atoms with E-state index in [9.17, 15) is 9.18 Å². The summed E-state index contributed by atoms with van der Waals surface area (Å²) in [4.78, 5) is 13.9. The first-order valence-electron chi connectivity index (χ1n) is 8.30. The van der Waals surface area contributed by atoms with Gasteiger partial charge in [0, 0.05) is 23.4 Å². The summed E-state index contributed by atoms with van der Waals surface area (Å²) in [5.74, 6) is -0.340. The predicted octanol–water partition coefficient (Wildman–Crippen LogP) is 3.71. The minimum Gasteiger partial charge on any atom is -0.320 e. The third-order valence-corrected chi connectivity index (χ3v) is 5.11. The summed E-state index contributed by atoms with van der Waals surface area (Å²) in [5.41, 5.74) is 1.58. The van der Waals surface area contributed by atoms with Gasteiger partial charge >= 0.3 is 0 Å². The number of carbonyl (C=O) groups is 1. The van der Waals surface area contributed by atoms with Crippen LogP contribution in [0.4, 0.5) is 10.1 Å². The van der Waals surface area contributed by atoms with E-state index < -0.39 is 0 Å². The van der Waals surface area contributed by atoms with Crippen molar-refractivity contribution in [2.24, 2.45) is 0 Å². The second kappa shape index (κ2) is 7.73. The third kappa shape index (κ3) is 4.72. The summed E-state index contributed by atoms with van der Waals surface area (Å²) in [6, 6.07) is 11.7. The number of amides is 1. The highest BCUT2D eigenvalue weighted by atomic mass is 35.5. The molecule has 1 aliphatic rings. The van der Waals surface area contributed by atoms with Gasteiger partial charge < -0.3 is 10.2 Å². The van der Waals surface area contributed by atoms with Gasteiger partial charge in [0.1, 0.15) is 12.4 Å². The van der Waals surface area contributed by atoms with Crippen molar-refractivity contribution in [3.63, 3.8) is 0 Å². The zero-order valence-corrected chi connectivity index (χ0v) is 15.4. The van der Waals surface area contributed by atoms with E-state index in [1.54, 1.807) is 30.3 Å². The molecule has 1 unspecified atom stereocenters. The average molecular weight is 382 g/mol. The van der Waals surface area contributed by atoms with Crippen LogP contribution < -0.4 is 10.2 Å². The quantitative estimate of drug-likeness (QED) is 0.785. The van der Waals surface area contributed by atoms with E-state index in [1.807, 2.05) is 6.92 Å². The number of halogens is 3. The van der Waals surface area contributed by atoms with Gasteiger partial charge in [-0.25, -0.2) is 4.39 Å². The number of hydrogen-bond acceptors (Lipinski definition) is 1. The molecule has 3 nitrogen and oxygen atoms in total. The Kier molecular flexibility index (Phi) is 5.62. The van der Waals surface area contributed by atoms with Crippen LogP contribution in [0.25, 0.3) is 0 Å². The molecule has 2 N–H and O–H groups in total. The first-order chi connectivity index (χ1) is 11.9. The summed E-state index contributed by atoms with van der Waals surface area (Å²) in [6.45, 7) is 2.60. The van der Waals surface area contributed by atoms with Crippen molar-refractivity contribution in [1.82, 2.24) is 0 Å². The molecule has 0 aromatic heterocycles. The van der Waals surface area contributed by atoms with Crippen LogP contribution in [0.15, 0.2) is 42.5 Å². The zero-order valence-electron chi connectivity index (χ0n) is 13.9. The topological polar surface area (TPSA) is 33.5 Å². The van der Waals surface area contributed by atoms with Crippen molar-refractivity contribution in [3.8, 4) is 0 Å². The first kappa shape index (κ1) is 18.2. The number of quaternary nitrogens is 1. The Bertz CT molecular complexity index is 763. The Balaban J connectivity index is 1.70. The predicted molar refractivity (Wildman–Crippen MR) is 98.6 cm³/mol. The Hall–Kier alpha value is -1.62. The SMILES string of the molecule is C[C@@H](C(=O)Nc1ccc(Cl)cc1Cl)[NH+](Cc1ccc(F)cc1)C1CC1. The smallest absolute Gasteiger partial charge is 0.282 e. The second-order valence-corrected chi connectivity index (χ2v) is 7.33. The molecule has 0 spiro atoms. The Morgan fingerprint density at radius 2 is 1.92 bits per heavy atom. The van der Waals surface area contributed by atoms with E-state index in [1.165, 1.54) is 17.0 Å². The molecular weight excluding hydrogens is 362 g/mol. The molecule has 1 fully saturated rings. The minimum absolute atomic E-state index is 0.0896. The normalized spacial score (nSPS) is 16.3. The second-order valence-electron chi connectivity index (χ2n) is 6.49. The van der Waals surface area contributed by atoms with Gasteiger partial charge in [0.05, 0.1) is 16.8 Å². The van der Waals surface area contributed by atoms with Crippen molar-refractivity contribution in [1.29, 1.82) is 0 Å². The van der Waals surface area contributed by atoms with Crippen LogP contribution in [-0.4, -0.2) is 18.0 Å². The molecule has 2 aromatic rings. The summed E-state index contributed by atoms with van der Waals surface area (Å²) < 4.78 is 13.1. The molecule has 0 saturated heterocycles. The average Bonchev–Trinajstić information content (AvgIpc) is 3.41. The Morgan fingerprint density at radius 1 is 1.24 bits per heavy atom. The lowest BCUT2D eigenvalue weighted by molar-refractivity contribution is -0.938. The number of benzene rings is 2. The van der Waals surface area contributed by atoms with Gasteiger partial charge in [-0.3, -0.25) is 4.79 Å². The lowest BCUT2D eigenvalue weighted by Crippen LogP contribution is -3.16. The molecule has 1 amide bonds. The molecule has 0 heterocycles. The molecule has 0 aliphatic heterocycles. The van der Waals surface area contributed by atoms with E-state index in [0.717, 1.165) is 18.4 Å². The van der Waals surface area contributed by atoms with E-state index in [4.69, 9.17) is 23.2 Å². The van der Waals surface area contributed by atoms with Crippen LogP contribution in [-0.2, 0) is 11.3 Å². The van der Waals surface area contributed by atoms with E-state index in [2.05, 4.69) is 5.32 Å². The standard InChI is InChI=1S/C19H19Cl2FN2O/c1-12(19(25)23-18-9-4-14(20)10-17(18)21)24(16-7-8-16)11-13-2-5-15(22)6-3-13/h2-6,9-10,12,16H,7-8,11H2,1H3,(H,23,25)/p+1/t12-/m0/s1. The summed E-state index contributed by atoms with van der Waals surface area (Å²) in [5, 5.41) is 3.83. The maximum absolute atomic E-state index is 13.1. The van der Waals surface area contributed by atoms with Crippen LogP contribution in [0.3, 0.4) is 0 Å². The van der Waals surface area contributed by atoms with Crippen LogP contribution in [0.5, 0.6) is 0 Å². The highest BCUT2D eigenvalue weighted by Gasteiger charge is 2.39. The molecule has 2 atom stereocenters. The Labute approximate surface area is 156 Å². The number of anilines is 1. The van der Waals surface area contributed by atoms with Crippen molar-refractivity contribution < 1.29 is 14.1 Å². The first-order valence-corrected chi connectivity index (χ1v) is 9.05. The molecule has 3 rings (SSSR count). The number of rotatable bonds is 6. The van der Waals surface area contributed by atoms with Crippen LogP contribution >= 0.6 is 23.2 Å². The highest BCUT2D eigenvalue weighted by molar-refractivity contribution is 6.36. The van der Waals surface area contributed by atoms with Crippen LogP contribution in [0.2, 0.25) is 10.0 Å². The molecule has 25 heavy (non-hydrogen) atoms. The van der Waals surface area contributed by atoms with Crippen molar-refractivity contribution in [3.05, 3.63) is 63.9 Å². The van der Waals surface area contributed by atoms with Crippen molar-refractivity contribution in [2.75, 3.05) is 5.32 Å². The van der Waals surface area contributed by atoms with Crippen LogP contribution in [0, 0.1) is 5.82 Å². The van der Waals surface area contributed by atoms with E-state index >= 15 is 0 Å². The molecule has 1 saturated carbocycles. The third-order valence-electron chi connectivity index (χ3n) is 4.56. The fourth-order valence-electron chi connectivity index (χ4n) is 2.94. The lowest BCUT2D eigenvalue weighted by atomic mass is 10.1. The fourth-order valence-corrected chi connectivity index (χ4v) is 3.40. The summed E-state index contributed by atoms with van der Waals surface area (Å²) in [6.07, 6.45) is 2.21. The summed E-state index contributed by atoms with van der Waals surface area (Å²) in [7, 11) is 0. The molecule has 0 bridgehead atoms. The number of carbonyl (C=O) groups excluding carboxylic acids is 1. The monoisotopic (exact) mass is 381 g/mol. The van der Waals surface area contributed by atoms with Gasteiger partial charge in [-0.15, -0.1) is 0 Å². The molecule has 1 aliphatic carbocycles. The highest BCUT2D eigenvalue weighted by Crippen LogP contribution is 2.25. The molecule has 132 valence electrons. The van der Waals surface area contributed by atoms with Crippen molar-refractivity contribution in [2.45, 2.75) is 38.4 Å². The van der Waals surface area contributed by atoms with Crippen molar-refractivity contribution >= 4 is 34.8 Å². The zero-order chi connectivity index (χ0) is 18.0. The minimum atomic E-state index is -0.250. The van der Waals surface area contributed by atoms with Gasteiger partial charge in [0.25, 0.3) is 5.91 Å². The molecule has 2 aromatic carbocycles. The maximum Gasteiger partial charge on any atom is 0.282 e. The van der Waals surface area contributed by atoms with E-state index in [0.29, 0.717) is 28.3 Å². The Morgan fingerprint density at radius 3 is 2.52 bits per heavy atom. The largest absolute Gasteiger partial charge is 0.320 e. The van der Waals surface area contributed by atoms with Gasteiger partial charge in [0.2, 0.25) is 0 Å². The van der Waals surface area contributed by atoms with E-state index in [-0.39, 0.29) is 17.8 Å². The summed E-state index contributed by atoms with van der Waals surface area (Å²) >= 11 is 12.0. The van der Waals surface area contributed by atoms with Gasteiger partial charge in [0.15, 0.2) is 6.04 Å². The number of hydrogen-bond donors (Lipinski definition) is 2.